The van der Waals surface area contributed by atoms with Crippen molar-refractivity contribution in [1.82, 2.24) is 4.98 Å². The van der Waals surface area contributed by atoms with E-state index in [9.17, 15) is 9.18 Å². The van der Waals surface area contributed by atoms with Gasteiger partial charge in [-0.25, -0.2) is 14.2 Å². The van der Waals surface area contributed by atoms with Crippen molar-refractivity contribution in [2.24, 2.45) is 0 Å². The molecule has 0 bridgehead atoms. The van der Waals surface area contributed by atoms with Gasteiger partial charge in [-0.05, 0) is 61.4 Å². The number of carbonyl (C=O) groups is 1. The standard InChI is InChI=1S/C28H30FNO6S/c1-5-33-24-16-19(29)8-9-21(24)27-30-22(17(3)36-27)11-13-35-23-10-7-18(20-12-14-37-26(20)23)15-25(34-6-2)28(31)32-4/h7-10,12,14,16,25H,5-6,11,13,15H2,1-4H3. The number of rotatable bonds is 12. The molecule has 0 spiro atoms. The minimum absolute atomic E-state index is 0.381. The lowest BCUT2D eigenvalue weighted by Gasteiger charge is -2.16. The predicted octanol–water partition coefficient (Wildman–Crippen LogP) is 6.14. The fourth-order valence-corrected chi connectivity index (χ4v) is 5.02. The summed E-state index contributed by atoms with van der Waals surface area (Å²) in [5.74, 6) is 1.45. The van der Waals surface area contributed by atoms with Crippen molar-refractivity contribution < 1.29 is 32.5 Å². The summed E-state index contributed by atoms with van der Waals surface area (Å²) in [6.45, 7) is 6.76. The number of methoxy groups -OCH3 is 1. The summed E-state index contributed by atoms with van der Waals surface area (Å²) >= 11 is 1.58. The van der Waals surface area contributed by atoms with E-state index in [-0.39, 0.29) is 11.8 Å². The average molecular weight is 528 g/mol. The van der Waals surface area contributed by atoms with Crippen molar-refractivity contribution in [3.8, 4) is 23.0 Å². The zero-order valence-corrected chi connectivity index (χ0v) is 22.2. The largest absolute Gasteiger partial charge is 0.493 e. The lowest BCUT2D eigenvalue weighted by Crippen LogP contribution is -2.28. The molecule has 2 aromatic heterocycles. The van der Waals surface area contributed by atoms with Crippen LogP contribution in [0.1, 0.15) is 30.9 Å². The van der Waals surface area contributed by atoms with Gasteiger partial charge in [0.15, 0.2) is 6.10 Å². The van der Waals surface area contributed by atoms with Crippen LogP contribution in [0.2, 0.25) is 0 Å². The second-order valence-electron chi connectivity index (χ2n) is 8.25. The zero-order valence-electron chi connectivity index (χ0n) is 21.3. The molecule has 9 heteroatoms. The molecular formula is C28H30FNO6S. The van der Waals surface area contributed by atoms with Crippen LogP contribution in [0.15, 0.2) is 46.2 Å². The number of nitrogens with zero attached hydrogens (tertiary/aromatic N) is 1. The summed E-state index contributed by atoms with van der Waals surface area (Å²) in [4.78, 5) is 16.7. The molecule has 4 aromatic rings. The van der Waals surface area contributed by atoms with Crippen LogP contribution in [0.3, 0.4) is 0 Å². The van der Waals surface area contributed by atoms with Crippen LogP contribution in [-0.2, 0) is 27.1 Å². The van der Waals surface area contributed by atoms with E-state index >= 15 is 0 Å². The van der Waals surface area contributed by atoms with Gasteiger partial charge in [-0.1, -0.05) is 6.07 Å². The van der Waals surface area contributed by atoms with E-state index in [4.69, 9.17) is 23.4 Å². The van der Waals surface area contributed by atoms with E-state index in [1.54, 1.807) is 17.4 Å². The topological polar surface area (TPSA) is 80.0 Å². The molecule has 0 aliphatic rings. The molecule has 1 unspecified atom stereocenters. The molecule has 0 radical (unpaired) electrons. The molecule has 0 amide bonds. The molecular weight excluding hydrogens is 497 g/mol. The molecule has 7 nitrogen and oxygen atoms in total. The smallest absolute Gasteiger partial charge is 0.335 e. The molecule has 0 aliphatic carbocycles. The maximum atomic E-state index is 13.7. The second kappa shape index (κ2) is 12.2. The third-order valence-corrected chi connectivity index (χ3v) is 6.80. The normalized spacial score (nSPS) is 12.0. The molecule has 0 aliphatic heterocycles. The Morgan fingerprint density at radius 1 is 1.11 bits per heavy atom. The maximum absolute atomic E-state index is 13.7. The van der Waals surface area contributed by atoms with Gasteiger partial charge in [0.05, 0.1) is 36.3 Å². The number of oxazole rings is 1. The molecule has 0 saturated heterocycles. The molecule has 0 fully saturated rings. The van der Waals surface area contributed by atoms with Gasteiger partial charge in [0, 0.05) is 25.5 Å². The summed E-state index contributed by atoms with van der Waals surface area (Å²) in [5, 5.41) is 3.03. The van der Waals surface area contributed by atoms with Crippen LogP contribution in [0.4, 0.5) is 4.39 Å². The first-order valence-corrected chi connectivity index (χ1v) is 13.0. The molecule has 1 atom stereocenters. The minimum Gasteiger partial charge on any atom is -0.493 e. The first-order valence-electron chi connectivity index (χ1n) is 12.1. The van der Waals surface area contributed by atoms with Crippen molar-refractivity contribution in [2.75, 3.05) is 26.9 Å². The number of hydrogen-bond donors (Lipinski definition) is 0. The summed E-state index contributed by atoms with van der Waals surface area (Å²) in [6.07, 6.45) is 0.296. The van der Waals surface area contributed by atoms with E-state index < -0.39 is 6.10 Å². The molecule has 0 N–H and O–H groups in total. The summed E-state index contributed by atoms with van der Waals surface area (Å²) in [6, 6.07) is 10.2. The Labute approximate surface area is 219 Å². The number of ether oxygens (including phenoxy) is 4. The van der Waals surface area contributed by atoms with Crippen molar-refractivity contribution in [3.05, 3.63) is 64.6 Å². The Hall–Kier alpha value is -3.43. The average Bonchev–Trinajstić information content (AvgIpc) is 3.52. The van der Waals surface area contributed by atoms with Crippen LogP contribution in [0.5, 0.6) is 11.5 Å². The van der Waals surface area contributed by atoms with E-state index in [1.165, 1.54) is 19.2 Å². The quantitative estimate of drug-likeness (QED) is 0.205. The van der Waals surface area contributed by atoms with Crippen molar-refractivity contribution >= 4 is 27.4 Å². The molecule has 37 heavy (non-hydrogen) atoms. The maximum Gasteiger partial charge on any atom is 0.335 e. The minimum atomic E-state index is -0.654. The third kappa shape index (κ3) is 6.11. The summed E-state index contributed by atoms with van der Waals surface area (Å²) in [5.41, 5.74) is 2.36. The fraction of sp³-hybridized carbons (Fsp3) is 0.357. The monoisotopic (exact) mass is 527 g/mol. The molecule has 2 aromatic carbocycles. The van der Waals surface area contributed by atoms with Crippen LogP contribution < -0.4 is 9.47 Å². The highest BCUT2D eigenvalue weighted by atomic mass is 32.1. The van der Waals surface area contributed by atoms with E-state index in [1.807, 2.05) is 44.4 Å². The SMILES string of the molecule is CCOc1cc(F)ccc1-c1nc(CCOc2ccc(CC(OCC)C(=O)OC)c3ccsc23)c(C)o1. The lowest BCUT2D eigenvalue weighted by molar-refractivity contribution is -0.153. The number of aryl methyl sites for hydroxylation is 1. The first-order chi connectivity index (χ1) is 17.9. The Morgan fingerprint density at radius 2 is 1.95 bits per heavy atom. The van der Waals surface area contributed by atoms with Crippen LogP contribution in [0.25, 0.3) is 21.5 Å². The van der Waals surface area contributed by atoms with Crippen molar-refractivity contribution in [3.63, 3.8) is 0 Å². The second-order valence-corrected chi connectivity index (χ2v) is 9.17. The highest BCUT2D eigenvalue weighted by Gasteiger charge is 2.22. The fourth-order valence-electron chi connectivity index (χ4n) is 4.11. The highest BCUT2D eigenvalue weighted by Crippen LogP contribution is 2.35. The van der Waals surface area contributed by atoms with Crippen LogP contribution in [-0.4, -0.2) is 44.0 Å². The highest BCUT2D eigenvalue weighted by molar-refractivity contribution is 7.17. The van der Waals surface area contributed by atoms with Gasteiger partial charge >= 0.3 is 5.97 Å². The number of carbonyl (C=O) groups excluding carboxylic acids is 1. The van der Waals surface area contributed by atoms with Crippen molar-refractivity contribution in [2.45, 2.75) is 39.7 Å². The third-order valence-electron chi connectivity index (χ3n) is 5.87. The first kappa shape index (κ1) is 26.6. The molecule has 0 saturated carbocycles. The van der Waals surface area contributed by atoms with E-state index in [0.717, 1.165) is 27.1 Å². The number of benzene rings is 2. The lowest BCUT2D eigenvalue weighted by atomic mass is 10.0. The van der Waals surface area contributed by atoms with Gasteiger partial charge in [0.1, 0.15) is 23.1 Å². The van der Waals surface area contributed by atoms with Gasteiger partial charge < -0.3 is 23.4 Å². The van der Waals surface area contributed by atoms with E-state index in [0.29, 0.717) is 55.6 Å². The number of hydrogen-bond acceptors (Lipinski definition) is 8. The number of esters is 1. The number of halogens is 1. The summed E-state index contributed by atoms with van der Waals surface area (Å²) < 4.78 is 42.7. The van der Waals surface area contributed by atoms with Gasteiger partial charge in [0.2, 0.25) is 5.89 Å². The predicted molar refractivity (Wildman–Crippen MR) is 140 cm³/mol. The molecule has 4 rings (SSSR count). The zero-order chi connectivity index (χ0) is 26.4. The van der Waals surface area contributed by atoms with Gasteiger partial charge in [-0.2, -0.15) is 0 Å². The number of aromatic nitrogens is 1. The molecule has 2 heterocycles. The Balaban J connectivity index is 1.47. The number of thiophene rings is 1. The van der Waals surface area contributed by atoms with Gasteiger partial charge in [0.25, 0.3) is 0 Å². The molecule has 196 valence electrons. The van der Waals surface area contributed by atoms with Crippen molar-refractivity contribution in [1.29, 1.82) is 0 Å². The van der Waals surface area contributed by atoms with Gasteiger partial charge in [-0.15, -0.1) is 11.3 Å². The van der Waals surface area contributed by atoms with Gasteiger partial charge in [-0.3, -0.25) is 0 Å². The summed E-state index contributed by atoms with van der Waals surface area (Å²) in [7, 11) is 1.36. The number of fused-ring (bicyclic) bond motifs is 1. The van der Waals surface area contributed by atoms with Crippen LogP contribution in [0, 0.1) is 12.7 Å². The Morgan fingerprint density at radius 3 is 2.70 bits per heavy atom. The Bertz CT molecular complexity index is 1360. The van der Waals surface area contributed by atoms with Crippen LogP contribution >= 0.6 is 11.3 Å². The Kier molecular flexibility index (Phi) is 8.78. The van der Waals surface area contributed by atoms with E-state index in [2.05, 4.69) is 4.98 Å².